The van der Waals surface area contributed by atoms with Gasteiger partial charge in [0.25, 0.3) is 0 Å². The molecule has 0 atom stereocenters. The first kappa shape index (κ1) is 26.5. The summed E-state index contributed by atoms with van der Waals surface area (Å²) in [6, 6.07) is 0. The summed E-state index contributed by atoms with van der Waals surface area (Å²) in [4.78, 5) is 12.8. The second-order valence-corrected chi connectivity index (χ2v) is 7.89. The highest BCUT2D eigenvalue weighted by Crippen LogP contribution is 2.06. The van der Waals surface area contributed by atoms with Gasteiger partial charge in [-0.15, -0.1) is 0 Å². The number of rotatable bonds is 13. The lowest BCUT2D eigenvalue weighted by Gasteiger charge is -2.23. The monoisotopic (exact) mass is 359 g/mol. The third-order valence-electron chi connectivity index (χ3n) is 4.28. The molecule has 0 aromatic heterocycles. The summed E-state index contributed by atoms with van der Waals surface area (Å²) >= 11 is 0. The molecule has 4 nitrogen and oxygen atoms in total. The van der Waals surface area contributed by atoms with Gasteiger partial charge in [0, 0.05) is 13.1 Å². The van der Waals surface area contributed by atoms with Crippen LogP contribution in [-0.2, 0) is 4.74 Å². The molecule has 0 rings (SSSR count). The summed E-state index contributed by atoms with van der Waals surface area (Å²) < 4.78 is 5.77. The Morgan fingerprint density at radius 2 is 1.28 bits per heavy atom. The maximum absolute atomic E-state index is 11.1. The number of methoxy groups -OCH3 is 1. The highest BCUT2D eigenvalue weighted by Gasteiger charge is 2.09. The summed E-state index contributed by atoms with van der Waals surface area (Å²) in [5, 5.41) is 0. The van der Waals surface area contributed by atoms with Crippen LogP contribution in [-0.4, -0.2) is 63.4 Å². The van der Waals surface area contributed by atoms with E-state index in [0.717, 1.165) is 24.0 Å². The van der Waals surface area contributed by atoms with Crippen molar-refractivity contribution < 1.29 is 14.0 Å². The molecule has 0 aromatic rings. The Morgan fingerprint density at radius 3 is 1.72 bits per heavy atom. The third-order valence-corrected chi connectivity index (χ3v) is 4.28. The molecule has 0 heterocycles. The van der Waals surface area contributed by atoms with Gasteiger partial charge in [-0.05, 0) is 26.2 Å². The van der Waals surface area contributed by atoms with Crippen molar-refractivity contribution in [2.24, 2.45) is 0 Å². The first-order valence-corrected chi connectivity index (χ1v) is 10.5. The standard InChI is InChI=1S/C11H26N.C10H21NO2/c1-5-6-7-8-9-10-11-12(2,3)4;1-4-6-7-8-9-11(5-2)10(12)13-3/h5-11H2,1-4H3;4-9H2,1-3H3/q+1;. The molecule has 0 spiro atoms. The van der Waals surface area contributed by atoms with E-state index in [4.69, 9.17) is 0 Å². The van der Waals surface area contributed by atoms with Crippen LogP contribution in [0.15, 0.2) is 0 Å². The third kappa shape index (κ3) is 21.2. The van der Waals surface area contributed by atoms with E-state index in [1.807, 2.05) is 6.92 Å². The van der Waals surface area contributed by atoms with E-state index in [1.54, 1.807) is 4.90 Å². The van der Waals surface area contributed by atoms with E-state index in [0.29, 0.717) is 0 Å². The molecule has 1 amide bonds. The maximum atomic E-state index is 11.1. The SMILES string of the molecule is CCCCCCCC[N+](C)(C)C.CCCCCCN(CC)C(=O)OC. The van der Waals surface area contributed by atoms with Crippen molar-refractivity contribution in [3.63, 3.8) is 0 Å². The second-order valence-electron chi connectivity index (χ2n) is 7.89. The van der Waals surface area contributed by atoms with Crippen LogP contribution in [0.25, 0.3) is 0 Å². The second kappa shape index (κ2) is 18.0. The lowest BCUT2D eigenvalue weighted by molar-refractivity contribution is -0.870. The van der Waals surface area contributed by atoms with Crippen molar-refractivity contribution in [3.05, 3.63) is 0 Å². The smallest absolute Gasteiger partial charge is 0.409 e. The van der Waals surface area contributed by atoms with Crippen molar-refractivity contribution >= 4 is 6.09 Å². The van der Waals surface area contributed by atoms with E-state index in [2.05, 4.69) is 39.7 Å². The van der Waals surface area contributed by atoms with Crippen LogP contribution in [0.2, 0.25) is 0 Å². The zero-order valence-electron chi connectivity index (χ0n) is 18.4. The van der Waals surface area contributed by atoms with Gasteiger partial charge in [0.1, 0.15) is 0 Å². The first-order valence-electron chi connectivity index (χ1n) is 10.5. The lowest BCUT2D eigenvalue weighted by Crippen LogP contribution is -2.35. The molecule has 152 valence electrons. The average molecular weight is 360 g/mol. The predicted octanol–water partition coefficient (Wildman–Crippen LogP) is 5.71. The number of quaternary nitrogens is 1. The zero-order valence-corrected chi connectivity index (χ0v) is 18.4. The van der Waals surface area contributed by atoms with Crippen molar-refractivity contribution in [2.75, 3.05) is 47.9 Å². The van der Waals surface area contributed by atoms with Gasteiger partial charge in [0.2, 0.25) is 0 Å². The van der Waals surface area contributed by atoms with Crippen LogP contribution in [0.3, 0.4) is 0 Å². The molecule has 0 aliphatic heterocycles. The molecule has 0 saturated heterocycles. The molecule has 25 heavy (non-hydrogen) atoms. The van der Waals surface area contributed by atoms with E-state index in [1.165, 1.54) is 71.4 Å². The zero-order chi connectivity index (χ0) is 19.6. The van der Waals surface area contributed by atoms with Crippen molar-refractivity contribution in [2.45, 2.75) is 85.0 Å². The number of unbranched alkanes of at least 4 members (excludes halogenated alkanes) is 8. The van der Waals surface area contributed by atoms with Crippen molar-refractivity contribution in [1.29, 1.82) is 0 Å². The highest BCUT2D eigenvalue weighted by molar-refractivity contribution is 5.67. The molecule has 0 N–H and O–H groups in total. The summed E-state index contributed by atoms with van der Waals surface area (Å²) in [7, 11) is 8.24. The molecule has 0 saturated carbocycles. The quantitative estimate of drug-likeness (QED) is 0.311. The normalized spacial score (nSPS) is 10.8. The van der Waals surface area contributed by atoms with Gasteiger partial charge < -0.3 is 14.1 Å². The molecule has 4 heteroatoms. The molecule has 0 aliphatic rings. The molecule has 0 aromatic carbocycles. The Balaban J connectivity index is 0. The predicted molar refractivity (Wildman–Crippen MR) is 110 cm³/mol. The van der Waals surface area contributed by atoms with E-state index < -0.39 is 0 Å². The molecule has 0 fully saturated rings. The van der Waals surface area contributed by atoms with Crippen LogP contribution in [0.4, 0.5) is 4.79 Å². The average Bonchev–Trinajstić information content (AvgIpc) is 2.57. The largest absolute Gasteiger partial charge is 0.453 e. The minimum Gasteiger partial charge on any atom is -0.453 e. The number of carbonyl (C=O) groups is 1. The number of hydrogen-bond acceptors (Lipinski definition) is 2. The van der Waals surface area contributed by atoms with Gasteiger partial charge in [0.05, 0.1) is 34.8 Å². The molecule has 0 radical (unpaired) electrons. The van der Waals surface area contributed by atoms with E-state index in [9.17, 15) is 4.79 Å². The topological polar surface area (TPSA) is 29.5 Å². The Kier molecular flexibility index (Phi) is 19.1. The number of hydrogen-bond donors (Lipinski definition) is 0. The van der Waals surface area contributed by atoms with Crippen LogP contribution < -0.4 is 0 Å². The number of nitrogens with zero attached hydrogens (tertiary/aromatic N) is 2. The first-order chi connectivity index (χ1) is 11.8. The summed E-state index contributed by atoms with van der Waals surface area (Å²) in [5.74, 6) is 0. The van der Waals surface area contributed by atoms with Crippen molar-refractivity contribution in [3.8, 4) is 0 Å². The van der Waals surface area contributed by atoms with E-state index in [-0.39, 0.29) is 6.09 Å². The molecule has 0 aliphatic carbocycles. The Morgan fingerprint density at radius 1 is 0.800 bits per heavy atom. The fourth-order valence-electron chi connectivity index (χ4n) is 2.60. The fourth-order valence-corrected chi connectivity index (χ4v) is 2.60. The minimum absolute atomic E-state index is 0.209. The molecule has 0 unspecified atom stereocenters. The van der Waals surface area contributed by atoms with Gasteiger partial charge in [0.15, 0.2) is 0 Å². The van der Waals surface area contributed by atoms with E-state index >= 15 is 0 Å². The van der Waals surface area contributed by atoms with Gasteiger partial charge in [-0.2, -0.15) is 0 Å². The van der Waals surface area contributed by atoms with Gasteiger partial charge >= 0.3 is 6.09 Å². The fraction of sp³-hybridized carbons (Fsp3) is 0.952. The lowest BCUT2D eigenvalue weighted by atomic mass is 10.1. The molecular weight excluding hydrogens is 312 g/mol. The van der Waals surface area contributed by atoms with Crippen molar-refractivity contribution in [1.82, 2.24) is 4.90 Å². The summed E-state index contributed by atoms with van der Waals surface area (Å²) in [6.07, 6.45) is 13.0. The van der Waals surface area contributed by atoms with Gasteiger partial charge in [-0.25, -0.2) is 4.79 Å². The molecular formula is C21H47N2O2+. The summed E-state index contributed by atoms with van der Waals surface area (Å²) in [6.45, 7) is 9.30. The Bertz CT molecular complexity index is 288. The summed E-state index contributed by atoms with van der Waals surface area (Å²) in [5.41, 5.74) is 0. The minimum atomic E-state index is -0.209. The van der Waals surface area contributed by atoms with Crippen LogP contribution in [0.5, 0.6) is 0 Å². The number of carbonyl (C=O) groups excluding carboxylic acids is 1. The number of amides is 1. The van der Waals surface area contributed by atoms with Gasteiger partial charge in [-0.3, -0.25) is 0 Å². The van der Waals surface area contributed by atoms with Crippen LogP contribution >= 0.6 is 0 Å². The molecule has 0 bridgehead atoms. The number of ether oxygens (including phenoxy) is 1. The maximum Gasteiger partial charge on any atom is 0.409 e. The highest BCUT2D eigenvalue weighted by atomic mass is 16.5. The Labute approximate surface area is 158 Å². The Hall–Kier alpha value is -0.770. The van der Waals surface area contributed by atoms with Crippen LogP contribution in [0.1, 0.15) is 85.0 Å². The van der Waals surface area contributed by atoms with Gasteiger partial charge in [-0.1, -0.05) is 58.8 Å². The van der Waals surface area contributed by atoms with Crippen LogP contribution in [0, 0.1) is 0 Å².